The molecule has 2 amide bonds. The van der Waals surface area contributed by atoms with Crippen LogP contribution in [0.2, 0.25) is 5.15 Å². The molecule has 0 bridgehead atoms. The number of hydrogen-bond donors (Lipinski definition) is 1. The Morgan fingerprint density at radius 2 is 2.44 bits per heavy atom. The first-order valence-corrected chi connectivity index (χ1v) is 6.09. The molecule has 1 unspecified atom stereocenters. The fraction of sp³-hybridized carbons (Fsp3) is 0.444. The van der Waals surface area contributed by atoms with Gasteiger partial charge in [0.05, 0.1) is 0 Å². The third kappa shape index (κ3) is 2.03. The number of nitrogens with one attached hydrogen (secondary N) is 1. The minimum atomic E-state index is -0.347. The van der Waals surface area contributed by atoms with Crippen LogP contribution in [-0.4, -0.2) is 29.4 Å². The zero-order valence-electron chi connectivity index (χ0n) is 8.57. The molecular formula is C9H10ClN3O2S. The number of piperazine rings is 1. The molecular weight excluding hydrogens is 250 g/mol. The lowest BCUT2D eigenvalue weighted by molar-refractivity contribution is -0.132. The molecule has 86 valence electrons. The van der Waals surface area contributed by atoms with Crippen molar-refractivity contribution in [2.45, 2.75) is 19.4 Å². The summed E-state index contributed by atoms with van der Waals surface area (Å²) in [6.07, 6.45) is 0.621. The lowest BCUT2D eigenvalue weighted by atomic mass is 10.1. The number of amides is 2. The molecule has 0 aromatic carbocycles. The first-order valence-electron chi connectivity index (χ1n) is 4.83. The third-order valence-electron chi connectivity index (χ3n) is 2.35. The average molecular weight is 260 g/mol. The Bertz CT molecular complexity index is 434. The largest absolute Gasteiger partial charge is 0.327 e. The van der Waals surface area contributed by atoms with Gasteiger partial charge in [-0.05, 0) is 6.42 Å². The van der Waals surface area contributed by atoms with Crippen LogP contribution in [0.3, 0.4) is 0 Å². The van der Waals surface area contributed by atoms with Crippen LogP contribution in [0.15, 0.2) is 5.38 Å². The SMILES string of the molecule is CCC1C(=O)NC(=O)CN1c1nc(Cl)cs1. The van der Waals surface area contributed by atoms with Crippen molar-refractivity contribution in [3.05, 3.63) is 10.5 Å². The molecule has 1 aromatic heterocycles. The Morgan fingerprint density at radius 1 is 1.69 bits per heavy atom. The van der Waals surface area contributed by atoms with Gasteiger partial charge in [-0.15, -0.1) is 11.3 Å². The van der Waals surface area contributed by atoms with E-state index in [0.717, 1.165) is 0 Å². The van der Waals surface area contributed by atoms with Crippen LogP contribution in [0.25, 0.3) is 0 Å². The molecule has 0 radical (unpaired) electrons. The summed E-state index contributed by atoms with van der Waals surface area (Å²) >= 11 is 7.06. The van der Waals surface area contributed by atoms with E-state index in [9.17, 15) is 9.59 Å². The summed E-state index contributed by atoms with van der Waals surface area (Å²) in [7, 11) is 0. The number of thiazole rings is 1. The highest BCUT2D eigenvalue weighted by atomic mass is 35.5. The molecule has 1 saturated heterocycles. The van der Waals surface area contributed by atoms with Gasteiger partial charge in [0.1, 0.15) is 17.7 Å². The second-order valence-corrected chi connectivity index (χ2v) is 4.64. The second-order valence-electron chi connectivity index (χ2n) is 3.42. The number of aromatic nitrogens is 1. The molecule has 1 aliphatic rings. The Balaban J connectivity index is 2.29. The molecule has 7 heteroatoms. The van der Waals surface area contributed by atoms with Crippen LogP contribution in [-0.2, 0) is 9.59 Å². The van der Waals surface area contributed by atoms with E-state index < -0.39 is 0 Å². The zero-order chi connectivity index (χ0) is 11.7. The number of carbonyl (C=O) groups is 2. The van der Waals surface area contributed by atoms with Gasteiger partial charge in [0.2, 0.25) is 11.8 Å². The van der Waals surface area contributed by atoms with Gasteiger partial charge in [0.25, 0.3) is 0 Å². The molecule has 1 N–H and O–H groups in total. The Hall–Kier alpha value is -1.14. The maximum absolute atomic E-state index is 11.6. The smallest absolute Gasteiger partial charge is 0.249 e. The number of rotatable bonds is 2. The van der Waals surface area contributed by atoms with E-state index in [0.29, 0.717) is 16.7 Å². The van der Waals surface area contributed by atoms with Gasteiger partial charge in [-0.1, -0.05) is 18.5 Å². The summed E-state index contributed by atoms with van der Waals surface area (Å²) in [5.74, 6) is -0.578. The molecule has 16 heavy (non-hydrogen) atoms. The van der Waals surface area contributed by atoms with Gasteiger partial charge >= 0.3 is 0 Å². The summed E-state index contributed by atoms with van der Waals surface area (Å²) in [5, 5.41) is 4.99. The molecule has 0 aliphatic carbocycles. The molecule has 5 nitrogen and oxygen atoms in total. The van der Waals surface area contributed by atoms with Crippen LogP contribution in [0.4, 0.5) is 5.13 Å². The highest BCUT2D eigenvalue weighted by Gasteiger charge is 2.33. The molecule has 1 fully saturated rings. The van der Waals surface area contributed by atoms with Gasteiger partial charge in [0.15, 0.2) is 5.13 Å². The van der Waals surface area contributed by atoms with Crippen molar-refractivity contribution < 1.29 is 9.59 Å². The first-order chi connectivity index (χ1) is 7.61. The predicted molar refractivity (Wildman–Crippen MR) is 61.7 cm³/mol. The molecule has 1 atom stereocenters. The zero-order valence-corrected chi connectivity index (χ0v) is 10.1. The number of nitrogens with zero attached hydrogens (tertiary/aromatic N) is 2. The highest BCUT2D eigenvalue weighted by Crippen LogP contribution is 2.26. The van der Waals surface area contributed by atoms with Crippen LogP contribution in [0.1, 0.15) is 13.3 Å². The van der Waals surface area contributed by atoms with Gasteiger partial charge in [0, 0.05) is 5.38 Å². The summed E-state index contributed by atoms with van der Waals surface area (Å²) in [6.45, 7) is 2.04. The minimum absolute atomic E-state index is 0.147. The van der Waals surface area contributed by atoms with E-state index in [4.69, 9.17) is 11.6 Å². The Kier molecular flexibility index (Phi) is 3.11. The van der Waals surface area contributed by atoms with E-state index in [2.05, 4.69) is 10.3 Å². The number of halogens is 1. The fourth-order valence-electron chi connectivity index (χ4n) is 1.65. The number of imide groups is 1. The van der Waals surface area contributed by atoms with E-state index in [1.54, 1.807) is 10.3 Å². The lowest BCUT2D eigenvalue weighted by Crippen LogP contribution is -2.58. The van der Waals surface area contributed by atoms with Crippen LogP contribution in [0, 0.1) is 0 Å². The molecule has 2 heterocycles. The first kappa shape index (κ1) is 11.3. The maximum Gasteiger partial charge on any atom is 0.249 e. The minimum Gasteiger partial charge on any atom is -0.327 e. The predicted octanol–water partition coefficient (Wildman–Crippen LogP) is 1.04. The van der Waals surface area contributed by atoms with Crippen molar-refractivity contribution in [2.75, 3.05) is 11.4 Å². The summed E-state index contributed by atoms with van der Waals surface area (Å²) in [6, 6.07) is -0.347. The fourth-order valence-corrected chi connectivity index (χ4v) is 2.65. The Morgan fingerprint density at radius 3 is 3.00 bits per heavy atom. The van der Waals surface area contributed by atoms with Gasteiger partial charge in [-0.3, -0.25) is 14.9 Å². The normalized spacial score (nSPS) is 21.1. The molecule has 2 rings (SSSR count). The number of anilines is 1. The number of hydrogen-bond acceptors (Lipinski definition) is 5. The number of carbonyl (C=O) groups excluding carboxylic acids is 2. The van der Waals surface area contributed by atoms with E-state index in [1.165, 1.54) is 11.3 Å². The average Bonchev–Trinajstić information content (AvgIpc) is 2.63. The lowest BCUT2D eigenvalue weighted by Gasteiger charge is -2.32. The van der Waals surface area contributed by atoms with Gasteiger partial charge in [-0.25, -0.2) is 4.98 Å². The molecule has 0 spiro atoms. The van der Waals surface area contributed by atoms with Crippen molar-refractivity contribution in [1.82, 2.24) is 10.3 Å². The van der Waals surface area contributed by atoms with Crippen molar-refractivity contribution in [3.63, 3.8) is 0 Å². The monoisotopic (exact) mass is 259 g/mol. The summed E-state index contributed by atoms with van der Waals surface area (Å²) in [5.41, 5.74) is 0. The van der Waals surface area contributed by atoms with Gasteiger partial charge < -0.3 is 4.90 Å². The van der Waals surface area contributed by atoms with E-state index in [-0.39, 0.29) is 24.4 Å². The molecule has 1 aliphatic heterocycles. The third-order valence-corrected chi connectivity index (χ3v) is 3.55. The van der Waals surface area contributed by atoms with Crippen molar-refractivity contribution in [2.24, 2.45) is 0 Å². The summed E-state index contributed by atoms with van der Waals surface area (Å²) in [4.78, 5) is 28.7. The maximum atomic E-state index is 11.6. The van der Waals surface area contributed by atoms with Crippen LogP contribution < -0.4 is 10.2 Å². The quantitative estimate of drug-likeness (QED) is 0.806. The standard InChI is InChI=1S/C9H10ClN3O2S/c1-2-5-8(15)12-7(14)3-13(5)9-11-6(10)4-16-9/h4-5H,2-3H2,1H3,(H,12,14,15). The van der Waals surface area contributed by atoms with E-state index >= 15 is 0 Å². The van der Waals surface area contributed by atoms with Crippen LogP contribution in [0.5, 0.6) is 0 Å². The molecule has 0 saturated carbocycles. The van der Waals surface area contributed by atoms with Crippen LogP contribution >= 0.6 is 22.9 Å². The summed E-state index contributed by atoms with van der Waals surface area (Å²) < 4.78 is 0. The van der Waals surface area contributed by atoms with Crippen molar-refractivity contribution >= 4 is 39.9 Å². The topological polar surface area (TPSA) is 62.3 Å². The van der Waals surface area contributed by atoms with Crippen molar-refractivity contribution in [1.29, 1.82) is 0 Å². The van der Waals surface area contributed by atoms with E-state index in [1.807, 2.05) is 6.92 Å². The Labute approximate surface area is 101 Å². The van der Waals surface area contributed by atoms with Crippen molar-refractivity contribution in [3.8, 4) is 0 Å². The second kappa shape index (κ2) is 4.39. The highest BCUT2D eigenvalue weighted by molar-refractivity contribution is 7.14. The van der Waals surface area contributed by atoms with Gasteiger partial charge in [-0.2, -0.15) is 0 Å². The molecule has 1 aromatic rings.